The van der Waals surface area contributed by atoms with Gasteiger partial charge >= 0.3 is 5.97 Å². The summed E-state index contributed by atoms with van der Waals surface area (Å²) in [5.74, 6) is -1.09. The van der Waals surface area contributed by atoms with Gasteiger partial charge in [-0.3, -0.25) is 9.69 Å². The van der Waals surface area contributed by atoms with Crippen LogP contribution in [0.25, 0.3) is 0 Å². The lowest BCUT2D eigenvalue weighted by molar-refractivity contribution is -0.138. The van der Waals surface area contributed by atoms with Crippen LogP contribution in [0.4, 0.5) is 4.39 Å². The Labute approximate surface area is 99.6 Å². The molecule has 4 nitrogen and oxygen atoms in total. The van der Waals surface area contributed by atoms with Crippen molar-refractivity contribution >= 4 is 5.97 Å². The Morgan fingerprint density at radius 3 is 2.76 bits per heavy atom. The number of carboxylic acid groups (broad SMARTS) is 1. The highest BCUT2D eigenvalue weighted by Crippen LogP contribution is 2.14. The molecule has 0 radical (unpaired) electrons. The van der Waals surface area contributed by atoms with Gasteiger partial charge in [0.1, 0.15) is 6.61 Å². The summed E-state index contributed by atoms with van der Waals surface area (Å²) < 4.78 is 18.4. The fourth-order valence-corrected chi connectivity index (χ4v) is 1.39. The zero-order valence-electron chi connectivity index (χ0n) is 9.73. The molecular formula is C12H16FNO3. The van der Waals surface area contributed by atoms with Crippen LogP contribution in [0.15, 0.2) is 24.3 Å². The van der Waals surface area contributed by atoms with Crippen molar-refractivity contribution in [2.24, 2.45) is 0 Å². The molecule has 0 amide bonds. The van der Waals surface area contributed by atoms with Crippen LogP contribution in [0.3, 0.4) is 0 Å². The van der Waals surface area contributed by atoms with Gasteiger partial charge in [0.2, 0.25) is 0 Å². The summed E-state index contributed by atoms with van der Waals surface area (Å²) in [5, 5.41) is 8.63. The van der Waals surface area contributed by atoms with E-state index in [9.17, 15) is 9.18 Å². The van der Waals surface area contributed by atoms with Crippen molar-refractivity contribution in [3.8, 4) is 5.75 Å². The predicted octanol–water partition coefficient (Wildman–Crippen LogP) is 1.61. The van der Waals surface area contributed by atoms with Gasteiger partial charge in [-0.25, -0.2) is 4.39 Å². The lowest BCUT2D eigenvalue weighted by Gasteiger charge is -2.18. The summed E-state index contributed by atoms with van der Waals surface area (Å²) in [4.78, 5) is 12.2. The van der Waals surface area contributed by atoms with Crippen LogP contribution in [0.2, 0.25) is 0 Å². The fourth-order valence-electron chi connectivity index (χ4n) is 1.39. The van der Waals surface area contributed by atoms with E-state index in [-0.39, 0.29) is 18.9 Å². The number of nitrogens with zero attached hydrogens (tertiary/aromatic N) is 1. The van der Waals surface area contributed by atoms with Crippen molar-refractivity contribution in [1.82, 2.24) is 4.90 Å². The second kappa shape index (κ2) is 6.85. The SMILES string of the molecule is CCN(CCOc1ccccc1F)CC(=O)O. The Bertz CT molecular complexity index is 371. The first-order chi connectivity index (χ1) is 8.13. The van der Waals surface area contributed by atoms with E-state index in [1.54, 1.807) is 23.1 Å². The summed E-state index contributed by atoms with van der Waals surface area (Å²) in [7, 11) is 0. The Morgan fingerprint density at radius 2 is 2.18 bits per heavy atom. The predicted molar refractivity (Wildman–Crippen MR) is 61.6 cm³/mol. The highest BCUT2D eigenvalue weighted by Gasteiger charge is 2.08. The minimum atomic E-state index is -0.877. The minimum Gasteiger partial charge on any atom is -0.489 e. The van der Waals surface area contributed by atoms with Crippen molar-refractivity contribution in [3.05, 3.63) is 30.1 Å². The lowest BCUT2D eigenvalue weighted by atomic mass is 10.3. The van der Waals surface area contributed by atoms with E-state index in [1.165, 1.54) is 6.07 Å². The Balaban J connectivity index is 2.36. The van der Waals surface area contributed by atoms with Crippen molar-refractivity contribution in [2.75, 3.05) is 26.2 Å². The number of hydrogen-bond acceptors (Lipinski definition) is 3. The van der Waals surface area contributed by atoms with Crippen LogP contribution in [-0.2, 0) is 4.79 Å². The quantitative estimate of drug-likeness (QED) is 0.788. The number of para-hydroxylation sites is 1. The molecule has 1 N–H and O–H groups in total. The molecule has 0 atom stereocenters. The molecule has 0 saturated carbocycles. The van der Waals surface area contributed by atoms with Gasteiger partial charge in [0, 0.05) is 6.54 Å². The molecule has 0 aliphatic heterocycles. The molecule has 0 saturated heterocycles. The molecule has 0 heterocycles. The Hall–Kier alpha value is -1.62. The number of hydrogen-bond donors (Lipinski definition) is 1. The number of ether oxygens (including phenoxy) is 1. The largest absolute Gasteiger partial charge is 0.489 e. The van der Waals surface area contributed by atoms with Gasteiger partial charge in [-0.1, -0.05) is 19.1 Å². The molecule has 0 aromatic heterocycles. The van der Waals surface area contributed by atoms with E-state index in [0.29, 0.717) is 13.1 Å². The number of halogens is 1. The van der Waals surface area contributed by atoms with Crippen molar-refractivity contribution in [2.45, 2.75) is 6.92 Å². The zero-order valence-corrected chi connectivity index (χ0v) is 9.73. The fraction of sp³-hybridized carbons (Fsp3) is 0.417. The number of carbonyl (C=O) groups is 1. The second-order valence-corrected chi connectivity index (χ2v) is 3.54. The van der Waals surface area contributed by atoms with Gasteiger partial charge in [0.15, 0.2) is 11.6 Å². The number of carboxylic acids is 1. The summed E-state index contributed by atoms with van der Waals surface area (Å²) in [6.45, 7) is 3.18. The topological polar surface area (TPSA) is 49.8 Å². The van der Waals surface area contributed by atoms with Crippen LogP contribution >= 0.6 is 0 Å². The molecule has 94 valence electrons. The summed E-state index contributed by atoms with van der Waals surface area (Å²) >= 11 is 0. The number of rotatable bonds is 7. The highest BCUT2D eigenvalue weighted by molar-refractivity contribution is 5.69. The number of aliphatic carboxylic acids is 1. The van der Waals surface area contributed by atoms with Crippen LogP contribution in [0, 0.1) is 5.82 Å². The molecule has 17 heavy (non-hydrogen) atoms. The maximum Gasteiger partial charge on any atom is 0.317 e. The average Bonchev–Trinajstić information content (AvgIpc) is 2.29. The van der Waals surface area contributed by atoms with Crippen molar-refractivity contribution in [3.63, 3.8) is 0 Å². The van der Waals surface area contributed by atoms with E-state index in [1.807, 2.05) is 6.92 Å². The first-order valence-corrected chi connectivity index (χ1v) is 5.45. The van der Waals surface area contributed by atoms with Crippen LogP contribution in [-0.4, -0.2) is 42.2 Å². The molecular weight excluding hydrogens is 225 g/mol. The summed E-state index contributed by atoms with van der Waals surface area (Å²) in [6.07, 6.45) is 0. The molecule has 0 bridgehead atoms. The molecule has 0 spiro atoms. The van der Waals surface area contributed by atoms with Gasteiger partial charge in [0.25, 0.3) is 0 Å². The molecule has 0 aliphatic carbocycles. The van der Waals surface area contributed by atoms with E-state index < -0.39 is 11.8 Å². The molecule has 1 aromatic rings. The maximum atomic E-state index is 13.2. The van der Waals surface area contributed by atoms with E-state index in [2.05, 4.69) is 0 Å². The molecule has 0 fully saturated rings. The maximum absolute atomic E-state index is 13.2. The molecule has 0 aliphatic rings. The van der Waals surface area contributed by atoms with Gasteiger partial charge < -0.3 is 9.84 Å². The van der Waals surface area contributed by atoms with Gasteiger partial charge in [0.05, 0.1) is 6.54 Å². The molecule has 1 aromatic carbocycles. The van der Waals surface area contributed by atoms with E-state index in [0.717, 1.165) is 0 Å². The highest BCUT2D eigenvalue weighted by atomic mass is 19.1. The molecule has 1 rings (SSSR count). The van der Waals surface area contributed by atoms with Crippen LogP contribution in [0.1, 0.15) is 6.92 Å². The minimum absolute atomic E-state index is 0.0306. The van der Waals surface area contributed by atoms with Crippen molar-refractivity contribution in [1.29, 1.82) is 0 Å². The normalized spacial score (nSPS) is 10.5. The lowest BCUT2D eigenvalue weighted by Crippen LogP contribution is -2.33. The van der Waals surface area contributed by atoms with Gasteiger partial charge in [-0.2, -0.15) is 0 Å². The Morgan fingerprint density at radius 1 is 1.47 bits per heavy atom. The van der Waals surface area contributed by atoms with Crippen molar-refractivity contribution < 1.29 is 19.0 Å². The summed E-state index contributed by atoms with van der Waals surface area (Å²) in [5.41, 5.74) is 0. The van der Waals surface area contributed by atoms with E-state index >= 15 is 0 Å². The third-order valence-electron chi connectivity index (χ3n) is 2.31. The Kier molecular flexibility index (Phi) is 5.42. The first-order valence-electron chi connectivity index (χ1n) is 5.45. The molecule has 0 unspecified atom stereocenters. The third-order valence-corrected chi connectivity index (χ3v) is 2.31. The van der Waals surface area contributed by atoms with Gasteiger partial charge in [-0.15, -0.1) is 0 Å². The smallest absolute Gasteiger partial charge is 0.317 e. The number of likely N-dealkylation sites (N-methyl/N-ethyl adjacent to an activating group) is 1. The molecule has 5 heteroatoms. The van der Waals surface area contributed by atoms with Crippen LogP contribution < -0.4 is 4.74 Å². The summed E-state index contributed by atoms with van der Waals surface area (Å²) in [6, 6.07) is 6.14. The van der Waals surface area contributed by atoms with Crippen LogP contribution in [0.5, 0.6) is 5.75 Å². The average molecular weight is 241 g/mol. The van der Waals surface area contributed by atoms with Gasteiger partial charge in [-0.05, 0) is 18.7 Å². The number of benzene rings is 1. The second-order valence-electron chi connectivity index (χ2n) is 3.54. The zero-order chi connectivity index (χ0) is 12.7. The third kappa shape index (κ3) is 4.82. The first kappa shape index (κ1) is 13.4. The van der Waals surface area contributed by atoms with E-state index in [4.69, 9.17) is 9.84 Å². The standard InChI is InChI=1S/C12H16FNO3/c1-2-14(9-12(15)16)7-8-17-11-6-4-3-5-10(11)13/h3-6H,2,7-9H2,1H3,(H,15,16). The monoisotopic (exact) mass is 241 g/mol.